The highest BCUT2D eigenvalue weighted by Gasteiger charge is 2.48. The first-order valence-corrected chi connectivity index (χ1v) is 10.1. The second kappa shape index (κ2) is 8.60. The summed E-state index contributed by atoms with van der Waals surface area (Å²) in [6.07, 6.45) is 6.70. The molecule has 0 radical (unpaired) electrons. The highest BCUT2D eigenvalue weighted by Crippen LogP contribution is 2.39. The second-order valence-electron chi connectivity index (χ2n) is 6.54. The van der Waals surface area contributed by atoms with Crippen molar-refractivity contribution in [2.75, 3.05) is 13.1 Å². The third-order valence-corrected chi connectivity index (χ3v) is 6.34. The Hall–Kier alpha value is -2.95. The second-order valence-corrected chi connectivity index (χ2v) is 8.06. The molecule has 0 aliphatic carbocycles. The molecule has 5 N–H and O–H groups in total. The maximum atomic E-state index is 15.0. The number of nitrogens with zero attached hydrogens (tertiary/aromatic N) is 3. The number of fused-ring (bicyclic) bond motifs is 1. The molecule has 0 saturated carbocycles. The number of piperidine rings is 1. The Bertz CT molecular complexity index is 966. The average Bonchev–Trinajstić information content (AvgIpc) is 3.16. The highest BCUT2D eigenvalue weighted by atomic mass is 32.2. The van der Waals surface area contributed by atoms with E-state index in [2.05, 4.69) is 10.4 Å². The van der Waals surface area contributed by atoms with E-state index in [1.165, 1.54) is 34.1 Å². The summed E-state index contributed by atoms with van der Waals surface area (Å²) in [5.74, 6) is -1.11. The van der Waals surface area contributed by atoms with Crippen LogP contribution in [-0.4, -0.2) is 43.1 Å². The van der Waals surface area contributed by atoms with Crippen LogP contribution < -0.4 is 16.8 Å². The number of urea groups is 1. The van der Waals surface area contributed by atoms with Crippen LogP contribution in [-0.2, 0) is 10.8 Å². The fourth-order valence-corrected chi connectivity index (χ4v) is 4.54. The quantitative estimate of drug-likeness (QED) is 0.632. The van der Waals surface area contributed by atoms with Crippen molar-refractivity contribution in [2.24, 2.45) is 17.4 Å². The summed E-state index contributed by atoms with van der Waals surface area (Å²) in [7, 11) is -2.55. The first-order valence-electron chi connectivity index (χ1n) is 8.96. The van der Waals surface area contributed by atoms with Crippen LogP contribution in [0.2, 0.25) is 0 Å². The zero-order valence-corrected chi connectivity index (χ0v) is 16.3. The number of carbonyl (C=O) groups excluding carboxylic acids is 1. The molecule has 3 rings (SSSR count). The van der Waals surface area contributed by atoms with E-state index in [4.69, 9.17) is 11.5 Å². The Morgan fingerprint density at radius 2 is 2.03 bits per heavy atom. The molecule has 1 atom stereocenters. The molecule has 29 heavy (non-hydrogen) atoms. The molecule has 2 aromatic heterocycles. The van der Waals surface area contributed by atoms with Crippen LogP contribution in [0, 0.1) is 5.92 Å². The molecule has 0 aromatic carbocycles. The van der Waals surface area contributed by atoms with Gasteiger partial charge in [-0.2, -0.15) is 13.9 Å². The summed E-state index contributed by atoms with van der Waals surface area (Å²) in [6, 6.07) is 4.53. The Kier molecular flexibility index (Phi) is 6.16. The summed E-state index contributed by atoms with van der Waals surface area (Å²) in [5, 5.41) is 3.10. The minimum absolute atomic E-state index is 0.00192. The number of carbonyl (C=O) groups is 1. The number of aromatic nitrogens is 2. The van der Waals surface area contributed by atoms with Gasteiger partial charge in [0.2, 0.25) is 0 Å². The van der Waals surface area contributed by atoms with E-state index in [1.807, 2.05) is 0 Å². The van der Waals surface area contributed by atoms with Crippen LogP contribution in [0.25, 0.3) is 5.52 Å². The Labute approximate surface area is 168 Å². The molecule has 1 unspecified atom stereocenters. The summed E-state index contributed by atoms with van der Waals surface area (Å²) in [5.41, 5.74) is 11.4. The van der Waals surface area contributed by atoms with Gasteiger partial charge in [-0.1, -0.05) is 6.07 Å². The summed E-state index contributed by atoms with van der Waals surface area (Å²) in [4.78, 5) is 13.7. The molecule has 0 spiro atoms. The van der Waals surface area contributed by atoms with Gasteiger partial charge in [0.05, 0.1) is 22.3 Å². The van der Waals surface area contributed by atoms with Gasteiger partial charge in [-0.05, 0) is 37.3 Å². The van der Waals surface area contributed by atoms with Gasteiger partial charge >= 0.3 is 11.3 Å². The van der Waals surface area contributed by atoms with Gasteiger partial charge in [0, 0.05) is 31.4 Å². The van der Waals surface area contributed by atoms with Crippen LogP contribution in [0.15, 0.2) is 59.7 Å². The zero-order valence-electron chi connectivity index (χ0n) is 15.5. The lowest BCUT2D eigenvalue weighted by Gasteiger charge is -2.35. The number of hydrogen-bond donors (Lipinski definition) is 3. The highest BCUT2D eigenvalue weighted by molar-refractivity contribution is 7.86. The fourth-order valence-electron chi connectivity index (χ4n) is 3.22. The lowest BCUT2D eigenvalue weighted by molar-refractivity contribution is 0.00450. The summed E-state index contributed by atoms with van der Waals surface area (Å²) in [6.45, 7) is 0.227. The van der Waals surface area contributed by atoms with Crippen LogP contribution >= 0.6 is 0 Å². The molecule has 2 aromatic rings. The summed E-state index contributed by atoms with van der Waals surface area (Å²) >= 11 is 0. The third kappa shape index (κ3) is 4.24. The molecular weight excluding hydrogens is 402 g/mol. The number of allylic oxidation sites excluding steroid dienone is 1. The Balaban J connectivity index is 1.66. The molecule has 156 valence electrons. The smallest absolute Gasteiger partial charge is 0.328 e. The molecule has 2 amide bonds. The fraction of sp³-hybridized carbons (Fsp3) is 0.333. The van der Waals surface area contributed by atoms with E-state index in [9.17, 15) is 17.8 Å². The van der Waals surface area contributed by atoms with Crippen LogP contribution in [0.3, 0.4) is 0 Å². The molecular formula is C18H22F2N6O2S. The Morgan fingerprint density at radius 1 is 1.31 bits per heavy atom. The van der Waals surface area contributed by atoms with Gasteiger partial charge in [0.25, 0.3) is 0 Å². The van der Waals surface area contributed by atoms with E-state index in [-0.39, 0.29) is 30.8 Å². The number of rotatable bonds is 5. The number of amides is 2. The average molecular weight is 424 g/mol. The normalized spacial score (nSPS) is 17.7. The van der Waals surface area contributed by atoms with Crippen molar-refractivity contribution < 1.29 is 17.8 Å². The van der Waals surface area contributed by atoms with Gasteiger partial charge in [-0.15, -0.1) is 0 Å². The number of alkyl halides is 2. The van der Waals surface area contributed by atoms with Crippen LogP contribution in [0.4, 0.5) is 13.6 Å². The first-order chi connectivity index (χ1) is 13.9. The van der Waals surface area contributed by atoms with Crippen molar-refractivity contribution in [1.82, 2.24) is 19.8 Å². The number of pyridine rings is 1. The topological polar surface area (TPSA) is 119 Å². The minimum Gasteiger partial charge on any atom is -0.405 e. The largest absolute Gasteiger partial charge is 0.405 e. The molecule has 8 nitrogen and oxygen atoms in total. The van der Waals surface area contributed by atoms with Crippen LogP contribution in [0.1, 0.15) is 12.8 Å². The minimum atomic E-state index is -3.44. The van der Waals surface area contributed by atoms with Gasteiger partial charge in [-0.3, -0.25) is 0 Å². The van der Waals surface area contributed by atoms with E-state index in [1.54, 1.807) is 24.4 Å². The van der Waals surface area contributed by atoms with Gasteiger partial charge in [0.15, 0.2) is 0 Å². The van der Waals surface area contributed by atoms with Crippen LogP contribution in [0.5, 0.6) is 0 Å². The SMILES string of the molecule is N/C=C\C(=C/N)NC(=O)N1CCC(C(F)(F)S(=O)c2cnn3ccccc23)CC1. The van der Waals surface area contributed by atoms with E-state index >= 15 is 0 Å². The molecule has 1 saturated heterocycles. The standard InChI is InChI=1S/C18H22F2N6O2S/c19-18(20,29(28)16-12-23-26-8-2-1-3-15(16)26)13-5-9-25(10-6-13)17(27)24-14(11-22)4-7-21/h1-4,7-8,11-13H,5-6,9-10,21-22H2,(H,24,27)/b7-4-,14-11+. The van der Waals surface area contributed by atoms with Gasteiger partial charge in [-0.25, -0.2) is 13.5 Å². The van der Waals surface area contributed by atoms with Crippen molar-refractivity contribution in [2.45, 2.75) is 23.0 Å². The molecule has 1 aliphatic heterocycles. The molecule has 11 heteroatoms. The maximum absolute atomic E-state index is 15.0. The first kappa shape index (κ1) is 20.8. The van der Waals surface area contributed by atoms with E-state index in [0.717, 1.165) is 0 Å². The molecule has 0 bridgehead atoms. The van der Waals surface area contributed by atoms with Crippen molar-refractivity contribution in [3.05, 3.63) is 54.8 Å². The number of hydrogen-bond acceptors (Lipinski definition) is 5. The van der Waals surface area contributed by atoms with Crippen molar-refractivity contribution in [1.29, 1.82) is 0 Å². The van der Waals surface area contributed by atoms with Gasteiger partial charge in [0.1, 0.15) is 10.8 Å². The monoisotopic (exact) mass is 424 g/mol. The number of likely N-dealkylation sites (tertiary alicyclic amines) is 1. The van der Waals surface area contributed by atoms with Crippen molar-refractivity contribution >= 4 is 22.3 Å². The lowest BCUT2D eigenvalue weighted by atomic mass is 9.97. The Morgan fingerprint density at radius 3 is 2.69 bits per heavy atom. The van der Waals surface area contributed by atoms with Crippen molar-refractivity contribution in [3.63, 3.8) is 0 Å². The summed E-state index contributed by atoms with van der Waals surface area (Å²) < 4.78 is 44.1. The third-order valence-electron chi connectivity index (χ3n) is 4.80. The van der Waals surface area contributed by atoms with E-state index < -0.39 is 28.0 Å². The maximum Gasteiger partial charge on any atom is 0.328 e. The zero-order chi connectivity index (χ0) is 21.0. The molecule has 3 heterocycles. The van der Waals surface area contributed by atoms with Crippen molar-refractivity contribution in [3.8, 4) is 0 Å². The lowest BCUT2D eigenvalue weighted by Crippen LogP contribution is -2.47. The predicted molar refractivity (Wildman–Crippen MR) is 105 cm³/mol. The molecule has 1 fully saturated rings. The van der Waals surface area contributed by atoms with Gasteiger partial charge < -0.3 is 21.7 Å². The predicted octanol–water partition coefficient (Wildman–Crippen LogP) is 1.73. The number of nitrogens with two attached hydrogens (primary N) is 2. The van der Waals surface area contributed by atoms with E-state index in [0.29, 0.717) is 11.2 Å². The number of nitrogens with one attached hydrogen (secondary N) is 1. The molecule has 1 aliphatic rings. The number of halogens is 2.